The summed E-state index contributed by atoms with van der Waals surface area (Å²) in [4.78, 5) is 12.2. The third-order valence-corrected chi connectivity index (χ3v) is 4.95. The molecular formula is C15H24N2O3S. The van der Waals surface area contributed by atoms with Crippen molar-refractivity contribution >= 4 is 15.9 Å². The largest absolute Gasteiger partial charge is 0.352 e. The monoisotopic (exact) mass is 312 g/mol. The summed E-state index contributed by atoms with van der Waals surface area (Å²) in [5.74, 6) is 0.527. The number of carbonyl (C=O) groups is 1. The van der Waals surface area contributed by atoms with Gasteiger partial charge in [-0.3, -0.25) is 4.79 Å². The van der Waals surface area contributed by atoms with Crippen molar-refractivity contribution in [2.75, 3.05) is 6.54 Å². The van der Waals surface area contributed by atoms with E-state index in [1.807, 2.05) is 0 Å². The van der Waals surface area contributed by atoms with Crippen molar-refractivity contribution in [3.8, 4) is 0 Å². The molecule has 5 nitrogen and oxygen atoms in total. The quantitative estimate of drug-likeness (QED) is 0.871. The minimum atomic E-state index is -3.84. The molecule has 0 aromatic heterocycles. The molecule has 0 aliphatic rings. The van der Waals surface area contributed by atoms with Crippen LogP contribution in [0.2, 0.25) is 0 Å². The van der Waals surface area contributed by atoms with Gasteiger partial charge in [0.1, 0.15) is 0 Å². The summed E-state index contributed by atoms with van der Waals surface area (Å²) in [6.07, 6.45) is 0. The Morgan fingerprint density at radius 2 is 1.81 bits per heavy atom. The van der Waals surface area contributed by atoms with Gasteiger partial charge >= 0.3 is 0 Å². The Labute approximate surface area is 127 Å². The second-order valence-electron chi connectivity index (χ2n) is 5.89. The first kappa shape index (κ1) is 17.7. The second-order valence-corrected chi connectivity index (χ2v) is 7.42. The van der Waals surface area contributed by atoms with Crippen molar-refractivity contribution in [2.24, 2.45) is 17.0 Å². The summed E-state index contributed by atoms with van der Waals surface area (Å²) in [6.45, 7) is 10.2. The van der Waals surface area contributed by atoms with E-state index in [0.29, 0.717) is 29.5 Å². The summed E-state index contributed by atoms with van der Waals surface area (Å²) in [7, 11) is -3.84. The van der Waals surface area contributed by atoms with Crippen LogP contribution in [-0.4, -0.2) is 20.9 Å². The maximum Gasteiger partial charge on any atom is 0.251 e. The SMILES string of the molecule is Cc1cc(C(=O)NCC(C)C(C)C)cc(S(N)(=O)=O)c1C. The number of amides is 1. The number of sulfonamides is 1. The molecule has 1 atom stereocenters. The van der Waals surface area contributed by atoms with Gasteiger partial charge < -0.3 is 5.32 Å². The molecule has 1 aromatic rings. The van der Waals surface area contributed by atoms with Crippen LogP contribution < -0.4 is 10.5 Å². The zero-order valence-corrected chi connectivity index (χ0v) is 14.0. The molecule has 3 N–H and O–H groups in total. The molecule has 6 heteroatoms. The third kappa shape index (κ3) is 4.54. The molecule has 0 radical (unpaired) electrons. The van der Waals surface area contributed by atoms with Crippen LogP contribution in [0.25, 0.3) is 0 Å². The van der Waals surface area contributed by atoms with Gasteiger partial charge in [0, 0.05) is 12.1 Å². The molecule has 0 spiro atoms. The molecule has 0 heterocycles. The average Bonchev–Trinajstić information content (AvgIpc) is 2.36. The Morgan fingerprint density at radius 3 is 2.29 bits per heavy atom. The standard InChI is InChI=1S/C15H24N2O3S/c1-9(2)11(4)8-17-15(18)13-6-10(3)12(5)14(7-13)21(16,19)20/h6-7,9,11H,8H2,1-5H3,(H,17,18)(H2,16,19,20). The van der Waals surface area contributed by atoms with E-state index >= 15 is 0 Å². The average molecular weight is 312 g/mol. The van der Waals surface area contributed by atoms with Gasteiger partial charge in [-0.25, -0.2) is 13.6 Å². The van der Waals surface area contributed by atoms with E-state index in [9.17, 15) is 13.2 Å². The van der Waals surface area contributed by atoms with Crippen LogP contribution in [-0.2, 0) is 10.0 Å². The van der Waals surface area contributed by atoms with Crippen LogP contribution in [0.1, 0.15) is 42.3 Å². The Bertz CT molecular complexity index is 637. The summed E-state index contributed by atoms with van der Waals surface area (Å²) in [5, 5.41) is 8.03. The molecular weight excluding hydrogens is 288 g/mol. The summed E-state index contributed by atoms with van der Waals surface area (Å²) < 4.78 is 23.2. The van der Waals surface area contributed by atoms with E-state index in [4.69, 9.17) is 5.14 Å². The maximum atomic E-state index is 12.2. The van der Waals surface area contributed by atoms with Gasteiger partial charge in [-0.1, -0.05) is 20.8 Å². The zero-order chi connectivity index (χ0) is 16.4. The number of rotatable bonds is 5. The number of nitrogens with one attached hydrogen (secondary N) is 1. The smallest absolute Gasteiger partial charge is 0.251 e. The van der Waals surface area contributed by atoms with Gasteiger partial charge in [-0.2, -0.15) is 0 Å². The Kier molecular flexibility index (Phi) is 5.53. The number of primary sulfonamides is 1. The number of nitrogens with two attached hydrogens (primary N) is 1. The normalized spacial score (nSPS) is 13.3. The minimum Gasteiger partial charge on any atom is -0.352 e. The van der Waals surface area contributed by atoms with Crippen LogP contribution in [0.4, 0.5) is 0 Å². The molecule has 0 aliphatic heterocycles. The maximum absolute atomic E-state index is 12.2. The third-order valence-electron chi connectivity index (χ3n) is 3.91. The lowest BCUT2D eigenvalue weighted by Crippen LogP contribution is -2.30. The Morgan fingerprint density at radius 1 is 1.24 bits per heavy atom. The van der Waals surface area contributed by atoms with Gasteiger partial charge in [0.05, 0.1) is 4.90 Å². The minimum absolute atomic E-state index is 0.00422. The number of hydrogen-bond acceptors (Lipinski definition) is 3. The van der Waals surface area contributed by atoms with Crippen LogP contribution in [0.15, 0.2) is 17.0 Å². The number of carbonyl (C=O) groups excluding carboxylic acids is 1. The first-order chi connectivity index (χ1) is 9.54. The van der Waals surface area contributed by atoms with Gasteiger partial charge in [0.15, 0.2) is 0 Å². The predicted octanol–water partition coefficient (Wildman–Crippen LogP) is 1.97. The summed E-state index contributed by atoms with van der Waals surface area (Å²) >= 11 is 0. The fraction of sp³-hybridized carbons (Fsp3) is 0.533. The van der Waals surface area contributed by atoms with Crippen molar-refractivity contribution in [1.29, 1.82) is 0 Å². The highest BCUT2D eigenvalue weighted by Crippen LogP contribution is 2.20. The van der Waals surface area contributed by atoms with Gasteiger partial charge in [0.25, 0.3) is 5.91 Å². The highest BCUT2D eigenvalue weighted by Gasteiger charge is 2.18. The molecule has 21 heavy (non-hydrogen) atoms. The van der Waals surface area contributed by atoms with E-state index in [0.717, 1.165) is 5.56 Å². The molecule has 0 aliphatic carbocycles. The van der Waals surface area contributed by atoms with Crippen LogP contribution in [0.5, 0.6) is 0 Å². The van der Waals surface area contributed by atoms with E-state index in [1.54, 1.807) is 19.9 Å². The lowest BCUT2D eigenvalue weighted by molar-refractivity contribution is 0.0944. The van der Waals surface area contributed by atoms with Gasteiger partial charge in [-0.15, -0.1) is 0 Å². The van der Waals surface area contributed by atoms with E-state index in [2.05, 4.69) is 26.1 Å². The van der Waals surface area contributed by atoms with Crippen LogP contribution in [0, 0.1) is 25.7 Å². The van der Waals surface area contributed by atoms with Gasteiger partial charge in [-0.05, 0) is 48.9 Å². The van der Waals surface area contributed by atoms with Crippen molar-refractivity contribution in [3.05, 3.63) is 28.8 Å². The highest BCUT2D eigenvalue weighted by atomic mass is 32.2. The fourth-order valence-corrected chi connectivity index (χ4v) is 2.72. The van der Waals surface area contributed by atoms with Gasteiger partial charge in [0.2, 0.25) is 10.0 Å². The molecule has 0 saturated heterocycles. The molecule has 0 fully saturated rings. The Balaban J connectivity index is 3.04. The van der Waals surface area contributed by atoms with Crippen molar-refractivity contribution in [3.63, 3.8) is 0 Å². The molecule has 1 unspecified atom stereocenters. The first-order valence-electron chi connectivity index (χ1n) is 6.96. The predicted molar refractivity (Wildman–Crippen MR) is 83.6 cm³/mol. The number of aryl methyl sites for hydroxylation is 1. The van der Waals surface area contributed by atoms with Crippen molar-refractivity contribution in [1.82, 2.24) is 5.32 Å². The van der Waals surface area contributed by atoms with E-state index in [1.165, 1.54) is 6.07 Å². The second kappa shape index (κ2) is 6.58. The lowest BCUT2D eigenvalue weighted by atomic mass is 9.98. The molecule has 1 amide bonds. The van der Waals surface area contributed by atoms with Crippen molar-refractivity contribution < 1.29 is 13.2 Å². The number of benzene rings is 1. The molecule has 0 bridgehead atoms. The molecule has 118 valence electrons. The van der Waals surface area contributed by atoms with E-state index < -0.39 is 10.0 Å². The summed E-state index contributed by atoms with van der Waals surface area (Å²) in [5.41, 5.74) is 1.62. The topological polar surface area (TPSA) is 89.3 Å². The summed E-state index contributed by atoms with van der Waals surface area (Å²) in [6, 6.07) is 3.02. The van der Waals surface area contributed by atoms with E-state index in [-0.39, 0.29) is 10.8 Å². The first-order valence-corrected chi connectivity index (χ1v) is 8.51. The molecule has 0 saturated carbocycles. The van der Waals surface area contributed by atoms with Crippen LogP contribution in [0.3, 0.4) is 0 Å². The van der Waals surface area contributed by atoms with Crippen LogP contribution >= 0.6 is 0 Å². The Hall–Kier alpha value is -1.40. The molecule has 1 rings (SSSR count). The molecule has 1 aromatic carbocycles. The highest BCUT2D eigenvalue weighted by molar-refractivity contribution is 7.89. The zero-order valence-electron chi connectivity index (χ0n) is 13.2. The van der Waals surface area contributed by atoms with Crippen molar-refractivity contribution in [2.45, 2.75) is 39.5 Å². The lowest BCUT2D eigenvalue weighted by Gasteiger charge is -2.17. The number of hydrogen-bond donors (Lipinski definition) is 2. The fourth-order valence-electron chi connectivity index (χ4n) is 1.85.